The molecule has 0 unspecified atom stereocenters. The molecule has 1 rings (SSSR count). The Morgan fingerprint density at radius 3 is 1.80 bits per heavy atom. The third-order valence-electron chi connectivity index (χ3n) is 4.72. The number of quaternary nitrogens is 3. The van der Waals surface area contributed by atoms with Crippen LogP contribution in [0.2, 0.25) is 0 Å². The number of nitrogens with one attached hydrogen (secondary N) is 3. The van der Waals surface area contributed by atoms with E-state index in [0.717, 1.165) is 23.6 Å². The van der Waals surface area contributed by atoms with Crippen LogP contribution in [0, 0.1) is 6.92 Å². The van der Waals surface area contributed by atoms with E-state index >= 15 is 0 Å². The van der Waals surface area contributed by atoms with Crippen LogP contribution in [0.5, 0.6) is 11.5 Å². The molecular weight excluding hydrogens is 314 g/mol. The summed E-state index contributed by atoms with van der Waals surface area (Å²) in [6.45, 7) is 7.96. The smallest absolute Gasteiger partial charge is 0.134 e. The summed E-state index contributed by atoms with van der Waals surface area (Å²) < 4.78 is 11.1. The fourth-order valence-corrected chi connectivity index (χ4v) is 3.33. The van der Waals surface area contributed by atoms with Crippen LogP contribution in [0.3, 0.4) is 0 Å². The summed E-state index contributed by atoms with van der Waals surface area (Å²) in [6, 6.07) is 4.23. The van der Waals surface area contributed by atoms with Crippen LogP contribution in [0.15, 0.2) is 12.1 Å². The maximum Gasteiger partial charge on any atom is 0.134 e. The van der Waals surface area contributed by atoms with E-state index in [0.29, 0.717) is 0 Å². The van der Waals surface area contributed by atoms with Crippen molar-refractivity contribution in [1.82, 2.24) is 0 Å². The Labute approximate surface area is 154 Å². The second-order valence-electron chi connectivity index (χ2n) is 7.63. The van der Waals surface area contributed by atoms with E-state index in [1.54, 1.807) is 19.1 Å². The first kappa shape index (κ1) is 21.7. The zero-order valence-corrected chi connectivity index (χ0v) is 17.4. The lowest BCUT2D eigenvalue weighted by Crippen LogP contribution is -3.13. The Kier molecular flexibility index (Phi) is 9.86. The van der Waals surface area contributed by atoms with Gasteiger partial charge in [-0.1, -0.05) is 0 Å². The molecule has 1 aromatic rings. The van der Waals surface area contributed by atoms with Crippen molar-refractivity contribution < 1.29 is 24.2 Å². The van der Waals surface area contributed by atoms with Crippen molar-refractivity contribution in [2.75, 3.05) is 68.6 Å². The molecule has 0 aromatic heterocycles. The lowest BCUT2D eigenvalue weighted by Gasteiger charge is -2.22. The maximum absolute atomic E-state index is 5.70. The highest BCUT2D eigenvalue weighted by Crippen LogP contribution is 2.30. The number of hydrogen-bond acceptors (Lipinski definition) is 2. The summed E-state index contributed by atoms with van der Waals surface area (Å²) in [5.74, 6) is 1.88. The lowest BCUT2D eigenvalue weighted by atomic mass is 10.1. The molecule has 0 bridgehead atoms. The van der Waals surface area contributed by atoms with Crippen molar-refractivity contribution >= 4 is 0 Å². The molecule has 0 aliphatic carbocycles. The monoisotopic (exact) mass is 354 g/mol. The molecular formula is C20H40N3O2+3. The number of ether oxygens (including phenoxy) is 2. The van der Waals surface area contributed by atoms with Crippen molar-refractivity contribution in [3.8, 4) is 11.5 Å². The van der Waals surface area contributed by atoms with Crippen molar-refractivity contribution in [1.29, 1.82) is 0 Å². The molecule has 0 atom stereocenters. The van der Waals surface area contributed by atoms with Gasteiger partial charge in [0.2, 0.25) is 0 Å². The standard InChI is InChI=1S/C20H37N3O2/c1-17-19(24-6)11-10-18(20(17)25-7)16-23(14-8-12-21(2)3)15-9-13-22(4)5/h10-11H,8-9,12-16H2,1-7H3/p+3. The summed E-state index contributed by atoms with van der Waals surface area (Å²) >= 11 is 0. The van der Waals surface area contributed by atoms with Crippen molar-refractivity contribution in [2.24, 2.45) is 0 Å². The molecule has 3 N–H and O–H groups in total. The Bertz CT molecular complexity index is 490. The first-order valence-corrected chi connectivity index (χ1v) is 9.51. The third kappa shape index (κ3) is 7.63. The van der Waals surface area contributed by atoms with Gasteiger partial charge in [0.15, 0.2) is 0 Å². The summed E-state index contributed by atoms with van der Waals surface area (Å²) in [5, 5.41) is 0. The molecule has 0 radical (unpaired) electrons. The Hall–Kier alpha value is -1.30. The average molecular weight is 355 g/mol. The molecule has 144 valence electrons. The van der Waals surface area contributed by atoms with E-state index in [1.165, 1.54) is 54.4 Å². The highest BCUT2D eigenvalue weighted by atomic mass is 16.5. The van der Waals surface area contributed by atoms with Gasteiger partial charge in [0.1, 0.15) is 18.0 Å². The molecule has 1 aromatic carbocycles. The predicted octanol–water partition coefficient (Wildman–Crippen LogP) is -1.53. The highest BCUT2D eigenvalue weighted by molar-refractivity contribution is 5.48. The van der Waals surface area contributed by atoms with Gasteiger partial charge < -0.3 is 24.2 Å². The van der Waals surface area contributed by atoms with Crippen molar-refractivity contribution in [3.63, 3.8) is 0 Å². The van der Waals surface area contributed by atoms with E-state index in [4.69, 9.17) is 9.47 Å². The second kappa shape index (κ2) is 11.3. The van der Waals surface area contributed by atoms with Crippen LogP contribution in [-0.2, 0) is 6.54 Å². The van der Waals surface area contributed by atoms with Crippen LogP contribution >= 0.6 is 0 Å². The van der Waals surface area contributed by atoms with Gasteiger partial charge in [-0.2, -0.15) is 0 Å². The zero-order chi connectivity index (χ0) is 18.8. The number of benzene rings is 1. The molecule has 0 amide bonds. The largest absolute Gasteiger partial charge is 0.496 e. The first-order chi connectivity index (χ1) is 11.9. The number of methoxy groups -OCH3 is 2. The fourth-order valence-electron chi connectivity index (χ4n) is 3.33. The predicted molar refractivity (Wildman–Crippen MR) is 103 cm³/mol. The molecule has 0 saturated carbocycles. The summed E-state index contributed by atoms with van der Waals surface area (Å²) in [4.78, 5) is 4.69. The molecule has 0 aliphatic rings. The molecule has 0 heterocycles. The zero-order valence-electron chi connectivity index (χ0n) is 17.4. The van der Waals surface area contributed by atoms with Crippen LogP contribution in [0.25, 0.3) is 0 Å². The third-order valence-corrected chi connectivity index (χ3v) is 4.72. The van der Waals surface area contributed by atoms with Crippen LogP contribution in [-0.4, -0.2) is 68.6 Å². The van der Waals surface area contributed by atoms with E-state index in [-0.39, 0.29) is 0 Å². The minimum absolute atomic E-state index is 0.898. The summed E-state index contributed by atoms with van der Waals surface area (Å²) in [7, 11) is 12.4. The molecule has 5 nitrogen and oxygen atoms in total. The van der Waals surface area contributed by atoms with Gasteiger partial charge in [-0.25, -0.2) is 0 Å². The van der Waals surface area contributed by atoms with Gasteiger partial charge in [0.25, 0.3) is 0 Å². The maximum atomic E-state index is 5.70. The Morgan fingerprint density at radius 1 is 0.800 bits per heavy atom. The lowest BCUT2D eigenvalue weighted by molar-refractivity contribution is -0.925. The van der Waals surface area contributed by atoms with Crippen molar-refractivity contribution in [2.45, 2.75) is 26.3 Å². The number of rotatable bonds is 12. The van der Waals surface area contributed by atoms with Crippen LogP contribution in [0.4, 0.5) is 0 Å². The van der Waals surface area contributed by atoms with Crippen LogP contribution in [0.1, 0.15) is 24.0 Å². The van der Waals surface area contributed by atoms with E-state index < -0.39 is 0 Å². The van der Waals surface area contributed by atoms with E-state index in [1.807, 2.05) is 0 Å². The molecule has 0 aliphatic heterocycles. The van der Waals surface area contributed by atoms with Crippen molar-refractivity contribution in [3.05, 3.63) is 23.3 Å². The SMILES string of the molecule is COc1ccc(C[NH+](CCC[NH+](C)C)CCC[NH+](C)C)c(OC)c1C. The van der Waals surface area contributed by atoms with E-state index in [2.05, 4.69) is 47.2 Å². The minimum atomic E-state index is 0.898. The van der Waals surface area contributed by atoms with Gasteiger partial charge in [-0.05, 0) is 19.1 Å². The van der Waals surface area contributed by atoms with E-state index in [9.17, 15) is 0 Å². The fraction of sp³-hybridized carbons (Fsp3) is 0.700. The molecule has 25 heavy (non-hydrogen) atoms. The quantitative estimate of drug-likeness (QED) is 0.425. The van der Waals surface area contributed by atoms with Gasteiger partial charge in [-0.3, -0.25) is 0 Å². The molecule has 0 fully saturated rings. The Balaban J connectivity index is 2.82. The summed E-state index contributed by atoms with van der Waals surface area (Å²) in [6.07, 6.45) is 2.51. The minimum Gasteiger partial charge on any atom is -0.496 e. The Morgan fingerprint density at radius 2 is 1.36 bits per heavy atom. The van der Waals surface area contributed by atoms with Crippen LogP contribution < -0.4 is 24.2 Å². The highest BCUT2D eigenvalue weighted by Gasteiger charge is 2.17. The molecule has 0 saturated heterocycles. The van der Waals surface area contributed by atoms with Gasteiger partial charge in [-0.15, -0.1) is 0 Å². The molecule has 0 spiro atoms. The van der Waals surface area contributed by atoms with Gasteiger partial charge in [0, 0.05) is 24.0 Å². The summed E-state index contributed by atoms with van der Waals surface area (Å²) in [5.41, 5.74) is 2.38. The average Bonchev–Trinajstić information content (AvgIpc) is 2.54. The second-order valence-corrected chi connectivity index (χ2v) is 7.63. The normalized spacial score (nSPS) is 11.6. The van der Waals surface area contributed by atoms with Gasteiger partial charge in [0.05, 0.1) is 68.6 Å². The number of hydrogen-bond donors (Lipinski definition) is 3. The van der Waals surface area contributed by atoms with Gasteiger partial charge >= 0.3 is 0 Å². The molecule has 5 heteroatoms. The topological polar surface area (TPSA) is 31.8 Å². The first-order valence-electron chi connectivity index (χ1n) is 9.51.